The predicted octanol–water partition coefficient (Wildman–Crippen LogP) is 3.44. The minimum Gasteiger partial charge on any atom is -0.393 e. The lowest BCUT2D eigenvalue weighted by atomic mass is 9.66. The Bertz CT molecular complexity index is 302. The van der Waals surface area contributed by atoms with E-state index in [0.29, 0.717) is 12.3 Å². The molecule has 2 bridgehead atoms. The molecule has 3 aliphatic rings. The number of aliphatic hydroxyl groups excluding tert-OH is 1. The molecule has 0 radical (unpaired) electrons. The molecule has 1 N–H and O–H groups in total. The molecule has 2 atom stereocenters. The first-order valence-electron chi connectivity index (χ1n) is 6.86. The summed E-state index contributed by atoms with van der Waals surface area (Å²) >= 11 is 0. The van der Waals surface area contributed by atoms with Crippen LogP contribution in [0.2, 0.25) is 0 Å². The van der Waals surface area contributed by atoms with Crippen molar-refractivity contribution >= 4 is 0 Å². The molecule has 1 aliphatic carbocycles. The lowest BCUT2D eigenvalue weighted by Crippen LogP contribution is -2.56. The molecule has 0 aromatic carbocycles. The van der Waals surface area contributed by atoms with Crippen molar-refractivity contribution in [1.29, 1.82) is 0 Å². The van der Waals surface area contributed by atoms with Crippen molar-refractivity contribution in [2.75, 3.05) is 0 Å². The zero-order valence-electron chi connectivity index (χ0n) is 11.5. The number of hydrogen-bond acceptors (Lipinski definition) is 2. The Kier molecular flexibility index (Phi) is 3.39. The predicted molar refractivity (Wildman–Crippen MR) is 69.9 cm³/mol. The SMILES string of the molecule is C=C(C)C[C@H](O)CC1(C)OC2(C)CCC1CC2. The Morgan fingerprint density at radius 3 is 2.47 bits per heavy atom. The summed E-state index contributed by atoms with van der Waals surface area (Å²) in [5.74, 6) is 0.629. The highest BCUT2D eigenvalue weighted by Gasteiger charge is 2.51. The van der Waals surface area contributed by atoms with E-state index in [1.165, 1.54) is 25.7 Å². The highest BCUT2D eigenvalue weighted by molar-refractivity contribution is 5.02. The summed E-state index contributed by atoms with van der Waals surface area (Å²) in [5.41, 5.74) is 0.986. The van der Waals surface area contributed by atoms with Crippen molar-refractivity contribution < 1.29 is 9.84 Å². The van der Waals surface area contributed by atoms with Gasteiger partial charge < -0.3 is 9.84 Å². The first-order valence-corrected chi connectivity index (χ1v) is 6.86. The van der Waals surface area contributed by atoms with Crippen molar-refractivity contribution in [3.63, 3.8) is 0 Å². The van der Waals surface area contributed by atoms with Gasteiger partial charge in [0, 0.05) is 6.42 Å². The van der Waals surface area contributed by atoms with Crippen LogP contribution in [-0.4, -0.2) is 22.4 Å². The number of rotatable bonds is 4. The van der Waals surface area contributed by atoms with Gasteiger partial charge in [-0.1, -0.05) is 5.57 Å². The van der Waals surface area contributed by atoms with Crippen molar-refractivity contribution in [3.05, 3.63) is 12.2 Å². The monoisotopic (exact) mass is 238 g/mol. The normalized spacial score (nSPS) is 42.5. The molecule has 2 heteroatoms. The summed E-state index contributed by atoms with van der Waals surface area (Å²) in [5, 5.41) is 10.1. The molecule has 2 aliphatic heterocycles. The Morgan fingerprint density at radius 1 is 1.41 bits per heavy atom. The van der Waals surface area contributed by atoms with Crippen LogP contribution in [0.1, 0.15) is 59.3 Å². The van der Waals surface area contributed by atoms with Crippen LogP contribution < -0.4 is 0 Å². The highest BCUT2D eigenvalue weighted by Crippen LogP contribution is 2.51. The Balaban J connectivity index is 2.01. The standard InChI is InChI=1S/C15H26O2/c1-11(2)9-13(16)10-15(4)12-5-7-14(3,17-15)8-6-12/h12-13,16H,1,5-10H2,2-4H3/t12?,13-,14?,15?/m0/s1. The van der Waals surface area contributed by atoms with Gasteiger partial charge in [0.25, 0.3) is 0 Å². The Hall–Kier alpha value is -0.340. The summed E-state index contributed by atoms with van der Waals surface area (Å²) in [7, 11) is 0. The van der Waals surface area contributed by atoms with Gasteiger partial charge in [0.1, 0.15) is 0 Å². The Labute approximate surface area is 105 Å². The van der Waals surface area contributed by atoms with Crippen LogP contribution in [0, 0.1) is 5.92 Å². The lowest BCUT2D eigenvalue weighted by Gasteiger charge is -2.56. The van der Waals surface area contributed by atoms with Crippen LogP contribution >= 0.6 is 0 Å². The van der Waals surface area contributed by atoms with Gasteiger partial charge in [-0.3, -0.25) is 0 Å². The maximum Gasteiger partial charge on any atom is 0.0714 e. The molecule has 1 saturated carbocycles. The molecule has 3 fully saturated rings. The van der Waals surface area contributed by atoms with Crippen molar-refractivity contribution in [3.8, 4) is 0 Å². The molecule has 0 aromatic heterocycles. The van der Waals surface area contributed by atoms with E-state index in [1.54, 1.807) is 0 Å². The summed E-state index contributed by atoms with van der Waals surface area (Å²) in [4.78, 5) is 0. The molecule has 1 unspecified atom stereocenters. The zero-order valence-corrected chi connectivity index (χ0v) is 11.5. The molecule has 0 aromatic rings. The number of fused-ring (bicyclic) bond motifs is 3. The summed E-state index contributed by atoms with van der Waals surface area (Å²) < 4.78 is 6.32. The first-order chi connectivity index (χ1) is 7.83. The van der Waals surface area contributed by atoms with Gasteiger partial charge in [0.2, 0.25) is 0 Å². The van der Waals surface area contributed by atoms with E-state index in [4.69, 9.17) is 4.74 Å². The van der Waals surface area contributed by atoms with Crippen molar-refractivity contribution in [1.82, 2.24) is 0 Å². The zero-order chi connectivity index (χ0) is 12.7. The van der Waals surface area contributed by atoms with Gasteiger partial charge in [0.15, 0.2) is 0 Å². The van der Waals surface area contributed by atoms with Crippen molar-refractivity contribution in [2.45, 2.75) is 76.6 Å². The summed E-state index contributed by atoms with van der Waals surface area (Å²) in [6.45, 7) is 10.3. The van der Waals surface area contributed by atoms with Crippen LogP contribution in [-0.2, 0) is 4.74 Å². The van der Waals surface area contributed by atoms with E-state index in [-0.39, 0.29) is 17.3 Å². The van der Waals surface area contributed by atoms with Gasteiger partial charge in [0.05, 0.1) is 17.3 Å². The minimum absolute atomic E-state index is 0.0619. The average molecular weight is 238 g/mol. The molecule has 17 heavy (non-hydrogen) atoms. The van der Waals surface area contributed by atoms with E-state index in [0.717, 1.165) is 12.0 Å². The van der Waals surface area contributed by atoms with Crippen LogP contribution in [0.15, 0.2) is 12.2 Å². The molecule has 0 amide bonds. The summed E-state index contributed by atoms with van der Waals surface area (Å²) in [6.07, 6.45) is 6.02. The molecule has 2 nitrogen and oxygen atoms in total. The Morgan fingerprint density at radius 2 is 2.00 bits per heavy atom. The number of aliphatic hydroxyl groups is 1. The second kappa shape index (κ2) is 4.40. The van der Waals surface area contributed by atoms with Crippen LogP contribution in [0.25, 0.3) is 0 Å². The quantitative estimate of drug-likeness (QED) is 0.760. The van der Waals surface area contributed by atoms with E-state index in [9.17, 15) is 5.11 Å². The number of ether oxygens (including phenoxy) is 1. The van der Waals surface area contributed by atoms with E-state index < -0.39 is 0 Å². The summed E-state index contributed by atoms with van der Waals surface area (Å²) in [6, 6.07) is 0. The van der Waals surface area contributed by atoms with Gasteiger partial charge in [-0.15, -0.1) is 6.58 Å². The third-order valence-corrected chi connectivity index (χ3v) is 4.61. The fraction of sp³-hybridized carbons (Fsp3) is 0.867. The molecule has 0 spiro atoms. The van der Waals surface area contributed by atoms with Crippen LogP contribution in [0.4, 0.5) is 0 Å². The average Bonchev–Trinajstić information content (AvgIpc) is 2.14. The molecule has 2 saturated heterocycles. The van der Waals surface area contributed by atoms with Gasteiger partial charge in [-0.2, -0.15) is 0 Å². The molecular formula is C15H26O2. The third-order valence-electron chi connectivity index (χ3n) is 4.61. The fourth-order valence-electron chi connectivity index (χ4n) is 3.74. The van der Waals surface area contributed by atoms with Gasteiger partial charge in [-0.25, -0.2) is 0 Å². The van der Waals surface area contributed by atoms with E-state index in [2.05, 4.69) is 20.4 Å². The number of hydrogen-bond donors (Lipinski definition) is 1. The second-order valence-electron chi connectivity index (χ2n) is 6.66. The lowest BCUT2D eigenvalue weighted by molar-refractivity contribution is -0.247. The maximum absolute atomic E-state index is 10.1. The smallest absolute Gasteiger partial charge is 0.0714 e. The van der Waals surface area contributed by atoms with Gasteiger partial charge >= 0.3 is 0 Å². The molecule has 3 rings (SSSR count). The first kappa shape index (κ1) is 13.1. The van der Waals surface area contributed by atoms with Crippen LogP contribution in [0.3, 0.4) is 0 Å². The fourth-order valence-corrected chi connectivity index (χ4v) is 3.74. The van der Waals surface area contributed by atoms with Gasteiger partial charge in [-0.05, 0) is 58.8 Å². The van der Waals surface area contributed by atoms with E-state index >= 15 is 0 Å². The second-order valence-corrected chi connectivity index (χ2v) is 6.66. The van der Waals surface area contributed by atoms with Crippen molar-refractivity contribution in [2.24, 2.45) is 5.92 Å². The third kappa shape index (κ3) is 2.74. The maximum atomic E-state index is 10.1. The topological polar surface area (TPSA) is 29.5 Å². The minimum atomic E-state index is -0.305. The largest absolute Gasteiger partial charge is 0.393 e. The highest BCUT2D eigenvalue weighted by atomic mass is 16.5. The van der Waals surface area contributed by atoms with Crippen LogP contribution in [0.5, 0.6) is 0 Å². The molecule has 2 heterocycles. The molecular weight excluding hydrogens is 212 g/mol. The molecule has 98 valence electrons. The van der Waals surface area contributed by atoms with E-state index in [1.807, 2.05) is 6.92 Å².